The summed E-state index contributed by atoms with van der Waals surface area (Å²) in [4.78, 5) is 29.9. The number of nitrogens with one attached hydrogen (secondary N) is 1. The van der Waals surface area contributed by atoms with E-state index in [4.69, 9.17) is 24.5 Å². The van der Waals surface area contributed by atoms with Crippen molar-refractivity contribution < 1.29 is 23.8 Å². The van der Waals surface area contributed by atoms with Crippen molar-refractivity contribution in [3.8, 4) is 17.6 Å². The largest absolute Gasteiger partial charge is 0.454 e. The van der Waals surface area contributed by atoms with Crippen molar-refractivity contribution in [1.29, 1.82) is 5.26 Å². The van der Waals surface area contributed by atoms with E-state index in [1.807, 2.05) is 54.6 Å². The average Bonchev–Trinajstić information content (AvgIpc) is 3.48. The van der Waals surface area contributed by atoms with Crippen molar-refractivity contribution in [2.45, 2.75) is 19.3 Å². The van der Waals surface area contributed by atoms with Crippen LogP contribution in [0.25, 0.3) is 22.6 Å². The fraction of sp³-hybridized carbons (Fsp3) is 0.231. The van der Waals surface area contributed by atoms with E-state index in [-0.39, 0.29) is 19.8 Å². The molecule has 3 aromatic rings. The minimum Gasteiger partial charge on any atom is -0.454 e. The molecule has 8 heteroatoms. The lowest BCUT2D eigenvalue weighted by atomic mass is 10.0. The van der Waals surface area contributed by atoms with Crippen LogP contribution in [-0.2, 0) is 16.0 Å². The number of para-hydroxylation sites is 1. The molecule has 0 atom stereocenters. The molecule has 2 aromatic carbocycles. The second kappa shape index (κ2) is 9.24. The number of esters is 1. The highest BCUT2D eigenvalue weighted by molar-refractivity contribution is 6.07. The van der Waals surface area contributed by atoms with Gasteiger partial charge in [0.25, 0.3) is 5.91 Å². The van der Waals surface area contributed by atoms with Gasteiger partial charge in [0.1, 0.15) is 0 Å². The number of carbonyl (C=O) groups excluding carboxylic acids is 2. The summed E-state index contributed by atoms with van der Waals surface area (Å²) in [5.41, 5.74) is 4.69. The van der Waals surface area contributed by atoms with Crippen molar-refractivity contribution in [2.24, 2.45) is 0 Å². The first-order chi connectivity index (χ1) is 16.6. The SMILES string of the molecule is N#CCCNC(=O)COC(=O)c1c2c(nc3ccccc13)C(=Cc1ccc3c(c1)OCO3)CC2. The number of fused-ring (bicyclic) bond motifs is 3. The second-order valence-corrected chi connectivity index (χ2v) is 7.95. The van der Waals surface area contributed by atoms with Gasteiger partial charge in [-0.05, 0) is 53.8 Å². The van der Waals surface area contributed by atoms with E-state index in [9.17, 15) is 9.59 Å². The van der Waals surface area contributed by atoms with Gasteiger partial charge in [-0.15, -0.1) is 0 Å². The number of amides is 1. The zero-order chi connectivity index (χ0) is 23.5. The highest BCUT2D eigenvalue weighted by atomic mass is 16.7. The fourth-order valence-electron chi connectivity index (χ4n) is 4.23. The second-order valence-electron chi connectivity index (χ2n) is 7.95. The van der Waals surface area contributed by atoms with Gasteiger partial charge >= 0.3 is 5.97 Å². The molecule has 0 radical (unpaired) electrons. The van der Waals surface area contributed by atoms with Crippen LogP contribution in [0, 0.1) is 11.3 Å². The summed E-state index contributed by atoms with van der Waals surface area (Å²) in [6.07, 6.45) is 3.61. The molecule has 170 valence electrons. The molecule has 0 bridgehead atoms. The summed E-state index contributed by atoms with van der Waals surface area (Å²) in [7, 11) is 0. The molecule has 0 saturated heterocycles. The monoisotopic (exact) mass is 455 g/mol. The maximum absolute atomic E-state index is 13.1. The first-order valence-corrected chi connectivity index (χ1v) is 11.0. The molecule has 1 aliphatic carbocycles. The quantitative estimate of drug-likeness (QED) is 0.446. The molecule has 1 amide bonds. The van der Waals surface area contributed by atoms with Gasteiger partial charge in [-0.2, -0.15) is 5.26 Å². The number of nitriles is 1. The lowest BCUT2D eigenvalue weighted by Gasteiger charge is -2.12. The van der Waals surface area contributed by atoms with Gasteiger partial charge in [0.05, 0.1) is 29.3 Å². The normalized spacial score (nSPS) is 14.6. The lowest BCUT2D eigenvalue weighted by molar-refractivity contribution is -0.124. The van der Waals surface area contributed by atoms with Gasteiger partial charge in [0.2, 0.25) is 6.79 Å². The topological polar surface area (TPSA) is 111 Å². The van der Waals surface area contributed by atoms with Gasteiger partial charge in [-0.1, -0.05) is 24.3 Å². The zero-order valence-corrected chi connectivity index (χ0v) is 18.3. The van der Waals surface area contributed by atoms with Crippen molar-refractivity contribution in [3.05, 3.63) is 64.8 Å². The van der Waals surface area contributed by atoms with Crippen LogP contribution in [-0.4, -0.2) is 36.8 Å². The third-order valence-corrected chi connectivity index (χ3v) is 5.78. The van der Waals surface area contributed by atoms with Crippen LogP contribution in [0.15, 0.2) is 42.5 Å². The maximum atomic E-state index is 13.1. The van der Waals surface area contributed by atoms with Gasteiger partial charge < -0.3 is 19.5 Å². The van der Waals surface area contributed by atoms with Crippen LogP contribution in [0.2, 0.25) is 0 Å². The highest BCUT2D eigenvalue weighted by Gasteiger charge is 2.28. The molecule has 34 heavy (non-hydrogen) atoms. The van der Waals surface area contributed by atoms with Crippen LogP contribution in [0.3, 0.4) is 0 Å². The summed E-state index contributed by atoms with van der Waals surface area (Å²) in [5, 5.41) is 11.8. The van der Waals surface area contributed by atoms with Gasteiger partial charge in [0, 0.05) is 11.9 Å². The first-order valence-electron chi connectivity index (χ1n) is 11.0. The van der Waals surface area contributed by atoms with Crippen LogP contribution in [0.5, 0.6) is 11.5 Å². The van der Waals surface area contributed by atoms with E-state index < -0.39 is 18.5 Å². The van der Waals surface area contributed by atoms with E-state index in [1.165, 1.54) is 0 Å². The number of hydrogen-bond donors (Lipinski definition) is 1. The summed E-state index contributed by atoms with van der Waals surface area (Å²) in [5.74, 6) is 0.424. The average molecular weight is 455 g/mol. The van der Waals surface area contributed by atoms with Crippen molar-refractivity contribution >= 4 is 34.4 Å². The fourth-order valence-corrected chi connectivity index (χ4v) is 4.23. The molecular formula is C26H21N3O5. The van der Waals surface area contributed by atoms with Gasteiger partial charge in [-0.25, -0.2) is 9.78 Å². The van der Waals surface area contributed by atoms with Crippen LogP contribution >= 0.6 is 0 Å². The molecule has 0 saturated carbocycles. The Hall–Kier alpha value is -4.38. The Balaban J connectivity index is 1.46. The summed E-state index contributed by atoms with van der Waals surface area (Å²) >= 11 is 0. The van der Waals surface area contributed by atoms with E-state index in [1.54, 1.807) is 0 Å². The van der Waals surface area contributed by atoms with E-state index >= 15 is 0 Å². The summed E-state index contributed by atoms with van der Waals surface area (Å²) in [6, 6.07) is 15.1. The lowest BCUT2D eigenvalue weighted by Crippen LogP contribution is -2.29. The van der Waals surface area contributed by atoms with Crippen molar-refractivity contribution in [1.82, 2.24) is 10.3 Å². The number of rotatable bonds is 6. The molecular weight excluding hydrogens is 434 g/mol. The standard InChI is InChI=1S/C26H21N3O5/c27-10-3-11-28-23(30)14-32-26(31)24-18-4-1-2-5-20(18)29-25-17(7-8-19(24)25)12-16-6-9-21-22(13-16)34-15-33-21/h1-2,4-6,9,12-13H,3,7-8,11,14-15H2,(H,28,30). The molecule has 5 rings (SSSR count). The van der Waals surface area contributed by atoms with Crippen molar-refractivity contribution in [3.63, 3.8) is 0 Å². The van der Waals surface area contributed by atoms with E-state index in [0.29, 0.717) is 28.6 Å². The van der Waals surface area contributed by atoms with Crippen LogP contribution in [0.1, 0.15) is 40.0 Å². The molecule has 0 unspecified atom stereocenters. The predicted octanol–water partition coefficient (Wildman–Crippen LogP) is 3.64. The number of hydrogen-bond acceptors (Lipinski definition) is 7. The smallest absolute Gasteiger partial charge is 0.339 e. The third kappa shape index (κ3) is 4.16. The molecule has 8 nitrogen and oxygen atoms in total. The Bertz CT molecular complexity index is 1370. The molecule has 2 aliphatic rings. The minimum atomic E-state index is -0.561. The predicted molar refractivity (Wildman–Crippen MR) is 124 cm³/mol. The maximum Gasteiger partial charge on any atom is 0.339 e. The van der Waals surface area contributed by atoms with Crippen molar-refractivity contribution in [2.75, 3.05) is 19.9 Å². The number of carbonyl (C=O) groups is 2. The number of ether oxygens (including phenoxy) is 3. The Labute approximate surface area is 195 Å². The zero-order valence-electron chi connectivity index (χ0n) is 18.3. The first kappa shape index (κ1) is 21.5. The highest BCUT2D eigenvalue weighted by Crippen LogP contribution is 2.39. The number of pyridine rings is 1. The number of benzene rings is 2. The molecule has 0 spiro atoms. The number of aromatic nitrogens is 1. The molecule has 1 aromatic heterocycles. The molecule has 0 fully saturated rings. The van der Waals surface area contributed by atoms with E-state index in [0.717, 1.165) is 34.6 Å². The Morgan fingerprint density at radius 1 is 1.15 bits per heavy atom. The third-order valence-electron chi connectivity index (χ3n) is 5.78. The number of allylic oxidation sites excluding steroid dienone is 1. The van der Waals surface area contributed by atoms with Gasteiger partial charge in [-0.3, -0.25) is 4.79 Å². The Morgan fingerprint density at radius 3 is 2.88 bits per heavy atom. The van der Waals surface area contributed by atoms with Crippen LogP contribution in [0.4, 0.5) is 0 Å². The summed E-state index contributed by atoms with van der Waals surface area (Å²) in [6.45, 7) is 0.0254. The number of nitrogens with zero attached hydrogens (tertiary/aromatic N) is 2. The van der Waals surface area contributed by atoms with Crippen LogP contribution < -0.4 is 14.8 Å². The molecule has 1 aliphatic heterocycles. The minimum absolute atomic E-state index is 0.195. The van der Waals surface area contributed by atoms with Gasteiger partial charge in [0.15, 0.2) is 18.1 Å². The molecule has 1 N–H and O–H groups in total. The molecule has 2 heterocycles. The Morgan fingerprint density at radius 2 is 2.00 bits per heavy atom. The summed E-state index contributed by atoms with van der Waals surface area (Å²) < 4.78 is 16.2. The van der Waals surface area contributed by atoms with E-state index in [2.05, 4.69) is 5.32 Å². The Kier molecular flexibility index (Phi) is 5.83.